The Morgan fingerprint density at radius 3 is 2.58 bits per heavy atom. The van der Waals surface area contributed by atoms with Crippen molar-refractivity contribution >= 4 is 11.3 Å². The van der Waals surface area contributed by atoms with Gasteiger partial charge in [-0.2, -0.15) is 0 Å². The SMILES string of the molecule is CC(C)NCc1sc(-c2cnccn2)nc1C(C)C. The Morgan fingerprint density at radius 2 is 2.00 bits per heavy atom. The smallest absolute Gasteiger partial charge is 0.144 e. The highest BCUT2D eigenvalue weighted by molar-refractivity contribution is 7.15. The molecule has 1 N–H and O–H groups in total. The summed E-state index contributed by atoms with van der Waals surface area (Å²) in [6.07, 6.45) is 5.15. The normalized spacial score (nSPS) is 11.5. The minimum absolute atomic E-state index is 0.422. The first kappa shape index (κ1) is 14.1. The second-order valence-electron chi connectivity index (χ2n) is 5.11. The van der Waals surface area contributed by atoms with Gasteiger partial charge in [-0.05, 0) is 5.92 Å². The Hall–Kier alpha value is -1.33. The third-order valence-corrected chi connectivity index (χ3v) is 3.82. The maximum absolute atomic E-state index is 4.73. The second-order valence-corrected chi connectivity index (χ2v) is 6.19. The van der Waals surface area contributed by atoms with E-state index in [1.807, 2.05) is 0 Å². The van der Waals surface area contributed by atoms with Crippen LogP contribution in [0.2, 0.25) is 0 Å². The lowest BCUT2D eigenvalue weighted by Gasteiger charge is -2.09. The summed E-state index contributed by atoms with van der Waals surface area (Å²) >= 11 is 1.71. The molecule has 0 spiro atoms. The van der Waals surface area contributed by atoms with Crippen LogP contribution >= 0.6 is 11.3 Å². The molecular formula is C14H20N4S. The minimum atomic E-state index is 0.422. The minimum Gasteiger partial charge on any atom is -0.310 e. The lowest BCUT2D eigenvalue weighted by atomic mass is 10.1. The molecule has 5 heteroatoms. The first-order chi connectivity index (χ1) is 9.08. The van der Waals surface area contributed by atoms with Crippen LogP contribution in [0.15, 0.2) is 18.6 Å². The molecule has 2 rings (SSSR count). The van der Waals surface area contributed by atoms with Crippen molar-refractivity contribution in [3.05, 3.63) is 29.2 Å². The Labute approximate surface area is 118 Å². The number of aromatic nitrogens is 3. The van der Waals surface area contributed by atoms with Gasteiger partial charge in [0.05, 0.1) is 11.9 Å². The fraction of sp³-hybridized carbons (Fsp3) is 0.500. The Kier molecular flexibility index (Phi) is 4.61. The van der Waals surface area contributed by atoms with E-state index in [1.54, 1.807) is 29.9 Å². The van der Waals surface area contributed by atoms with E-state index in [-0.39, 0.29) is 0 Å². The predicted octanol–water partition coefficient (Wildman–Crippen LogP) is 3.22. The van der Waals surface area contributed by atoms with Crippen molar-refractivity contribution in [2.45, 2.75) is 46.2 Å². The topological polar surface area (TPSA) is 50.7 Å². The van der Waals surface area contributed by atoms with E-state index in [0.717, 1.165) is 17.2 Å². The van der Waals surface area contributed by atoms with Crippen LogP contribution in [0.4, 0.5) is 0 Å². The van der Waals surface area contributed by atoms with Gasteiger partial charge >= 0.3 is 0 Å². The fourth-order valence-corrected chi connectivity index (χ4v) is 2.89. The van der Waals surface area contributed by atoms with Gasteiger partial charge in [-0.25, -0.2) is 4.98 Å². The highest BCUT2D eigenvalue weighted by Crippen LogP contribution is 2.30. The van der Waals surface area contributed by atoms with Crippen molar-refractivity contribution in [3.8, 4) is 10.7 Å². The molecule has 2 heterocycles. The summed E-state index contributed by atoms with van der Waals surface area (Å²) in [6, 6.07) is 0.474. The highest BCUT2D eigenvalue weighted by atomic mass is 32.1. The first-order valence-electron chi connectivity index (χ1n) is 6.57. The second kappa shape index (κ2) is 6.21. The number of rotatable bonds is 5. The van der Waals surface area contributed by atoms with Gasteiger partial charge in [0.25, 0.3) is 0 Å². The molecule has 0 aliphatic carbocycles. The van der Waals surface area contributed by atoms with E-state index in [4.69, 9.17) is 4.98 Å². The first-order valence-corrected chi connectivity index (χ1v) is 7.39. The van der Waals surface area contributed by atoms with E-state index < -0.39 is 0 Å². The van der Waals surface area contributed by atoms with Crippen molar-refractivity contribution < 1.29 is 0 Å². The monoisotopic (exact) mass is 276 g/mol. The van der Waals surface area contributed by atoms with Gasteiger partial charge in [-0.15, -0.1) is 11.3 Å². The third-order valence-electron chi connectivity index (χ3n) is 2.73. The van der Waals surface area contributed by atoms with Crippen molar-refractivity contribution in [2.75, 3.05) is 0 Å². The maximum atomic E-state index is 4.73. The van der Waals surface area contributed by atoms with Gasteiger partial charge in [0.1, 0.15) is 10.7 Å². The van der Waals surface area contributed by atoms with E-state index in [0.29, 0.717) is 12.0 Å². The Bertz CT molecular complexity index is 519. The van der Waals surface area contributed by atoms with Crippen LogP contribution in [0, 0.1) is 0 Å². The van der Waals surface area contributed by atoms with Gasteiger partial charge in [0, 0.05) is 29.9 Å². The van der Waals surface area contributed by atoms with Crippen LogP contribution in [0.25, 0.3) is 10.7 Å². The van der Waals surface area contributed by atoms with Crippen LogP contribution in [0.1, 0.15) is 44.2 Å². The standard InChI is InChI=1S/C14H20N4S/c1-9(2)13-12(8-17-10(3)4)19-14(18-13)11-7-15-5-6-16-11/h5-7,9-10,17H,8H2,1-4H3. The van der Waals surface area contributed by atoms with Crippen molar-refractivity contribution in [3.63, 3.8) is 0 Å². The van der Waals surface area contributed by atoms with Crippen molar-refractivity contribution in [2.24, 2.45) is 0 Å². The largest absolute Gasteiger partial charge is 0.310 e. The number of hydrogen-bond acceptors (Lipinski definition) is 5. The Morgan fingerprint density at radius 1 is 1.21 bits per heavy atom. The molecule has 0 saturated heterocycles. The molecule has 102 valence electrons. The molecule has 0 unspecified atom stereocenters. The molecule has 0 radical (unpaired) electrons. The van der Waals surface area contributed by atoms with Gasteiger partial charge in [-0.3, -0.25) is 9.97 Å². The number of nitrogens with zero attached hydrogens (tertiary/aromatic N) is 3. The lowest BCUT2D eigenvalue weighted by Crippen LogP contribution is -2.22. The molecule has 0 atom stereocenters. The molecule has 0 fully saturated rings. The molecule has 0 aliphatic heterocycles. The summed E-state index contributed by atoms with van der Waals surface area (Å²) in [6.45, 7) is 9.52. The molecule has 0 aromatic carbocycles. The molecule has 0 saturated carbocycles. The molecular weight excluding hydrogens is 256 g/mol. The van der Waals surface area contributed by atoms with E-state index in [2.05, 4.69) is 43.0 Å². The lowest BCUT2D eigenvalue weighted by molar-refractivity contribution is 0.588. The van der Waals surface area contributed by atoms with Gasteiger partial charge < -0.3 is 5.32 Å². The maximum Gasteiger partial charge on any atom is 0.144 e. The van der Waals surface area contributed by atoms with Crippen LogP contribution in [0.5, 0.6) is 0 Å². The van der Waals surface area contributed by atoms with E-state index in [1.165, 1.54) is 10.6 Å². The van der Waals surface area contributed by atoms with Gasteiger partial charge in [0.15, 0.2) is 0 Å². The zero-order valence-electron chi connectivity index (χ0n) is 11.8. The summed E-state index contributed by atoms with van der Waals surface area (Å²) in [7, 11) is 0. The molecule has 2 aromatic rings. The molecule has 2 aromatic heterocycles. The highest BCUT2D eigenvalue weighted by Gasteiger charge is 2.16. The zero-order chi connectivity index (χ0) is 13.8. The summed E-state index contributed by atoms with van der Waals surface area (Å²) in [4.78, 5) is 14.5. The third kappa shape index (κ3) is 3.58. The Balaban J connectivity index is 2.30. The number of thiazole rings is 1. The van der Waals surface area contributed by atoms with Crippen LogP contribution < -0.4 is 5.32 Å². The molecule has 0 bridgehead atoms. The molecule has 0 aliphatic rings. The van der Waals surface area contributed by atoms with Gasteiger partial charge in [0.2, 0.25) is 0 Å². The van der Waals surface area contributed by atoms with Gasteiger partial charge in [-0.1, -0.05) is 27.7 Å². The molecule has 19 heavy (non-hydrogen) atoms. The quantitative estimate of drug-likeness (QED) is 0.911. The van der Waals surface area contributed by atoms with Crippen molar-refractivity contribution in [1.82, 2.24) is 20.3 Å². The fourth-order valence-electron chi connectivity index (χ4n) is 1.76. The number of hydrogen-bond donors (Lipinski definition) is 1. The zero-order valence-corrected chi connectivity index (χ0v) is 12.7. The summed E-state index contributed by atoms with van der Waals surface area (Å²) < 4.78 is 0. The van der Waals surface area contributed by atoms with E-state index in [9.17, 15) is 0 Å². The van der Waals surface area contributed by atoms with Crippen LogP contribution in [0.3, 0.4) is 0 Å². The summed E-state index contributed by atoms with van der Waals surface area (Å²) in [5, 5.41) is 4.41. The summed E-state index contributed by atoms with van der Waals surface area (Å²) in [5.41, 5.74) is 2.02. The molecule has 0 amide bonds. The average Bonchev–Trinajstić information content (AvgIpc) is 2.81. The number of nitrogens with one attached hydrogen (secondary N) is 1. The van der Waals surface area contributed by atoms with Crippen LogP contribution in [-0.4, -0.2) is 21.0 Å². The summed E-state index contributed by atoms with van der Waals surface area (Å²) in [5.74, 6) is 0.422. The predicted molar refractivity (Wildman–Crippen MR) is 79.2 cm³/mol. The van der Waals surface area contributed by atoms with E-state index >= 15 is 0 Å². The average molecular weight is 276 g/mol. The van der Waals surface area contributed by atoms with Crippen LogP contribution in [-0.2, 0) is 6.54 Å². The molecule has 4 nitrogen and oxygen atoms in total. The van der Waals surface area contributed by atoms with Crippen molar-refractivity contribution in [1.29, 1.82) is 0 Å².